The summed E-state index contributed by atoms with van der Waals surface area (Å²) in [5, 5.41) is 8.14. The van der Waals surface area contributed by atoms with E-state index >= 15 is 4.39 Å². The highest BCUT2D eigenvalue weighted by atomic mass is 32.2. The molecule has 75 heavy (non-hydrogen) atoms. The van der Waals surface area contributed by atoms with Crippen molar-refractivity contribution < 1.29 is 41.0 Å². The summed E-state index contributed by atoms with van der Waals surface area (Å²) in [7, 11) is 0. The minimum Gasteiger partial charge on any atom is -0.378 e. The predicted octanol–water partition coefficient (Wildman–Crippen LogP) is 8.58. The van der Waals surface area contributed by atoms with Crippen LogP contribution in [0.4, 0.5) is 68.2 Å². The van der Waals surface area contributed by atoms with Gasteiger partial charge in [0.15, 0.2) is 23.3 Å². The summed E-state index contributed by atoms with van der Waals surface area (Å²) in [5.74, 6) is -0.466. The molecule has 3 aliphatic heterocycles. The first-order valence-corrected chi connectivity index (χ1v) is 25.6. The average Bonchev–Trinajstić information content (AvgIpc) is 4.15. The van der Waals surface area contributed by atoms with Crippen molar-refractivity contribution in [3.63, 3.8) is 0 Å². The molecule has 10 rings (SSSR count). The number of amides is 2. The van der Waals surface area contributed by atoms with Gasteiger partial charge in [0.05, 0.1) is 67.7 Å². The van der Waals surface area contributed by atoms with E-state index in [2.05, 4.69) is 74.4 Å². The summed E-state index contributed by atoms with van der Waals surface area (Å²) in [6.45, 7) is 4.93. The normalized spacial score (nSPS) is 17.8. The molecule has 25 heteroatoms. The summed E-state index contributed by atoms with van der Waals surface area (Å²) in [4.78, 5) is 55.4. The van der Waals surface area contributed by atoms with Crippen molar-refractivity contribution in [3.8, 4) is 10.4 Å². The maximum atomic E-state index is 15.5. The van der Waals surface area contributed by atoms with Gasteiger partial charge in [-0.25, -0.2) is 28.7 Å². The summed E-state index contributed by atoms with van der Waals surface area (Å²) < 4.78 is 83.0. The van der Waals surface area contributed by atoms with Gasteiger partial charge in [-0.05, 0) is 101 Å². The van der Waals surface area contributed by atoms with Crippen molar-refractivity contribution >= 4 is 81.2 Å². The molecule has 7 aromatic rings. The van der Waals surface area contributed by atoms with Gasteiger partial charge in [0, 0.05) is 54.1 Å². The lowest BCUT2D eigenvalue weighted by Crippen LogP contribution is -2.47. The predicted molar refractivity (Wildman–Crippen MR) is 276 cm³/mol. The Bertz CT molecular complexity index is 3160. The number of carbonyl (C=O) groups is 2. The van der Waals surface area contributed by atoms with Crippen molar-refractivity contribution in [1.82, 2.24) is 40.8 Å². The Hall–Kier alpha value is -7.74. The van der Waals surface area contributed by atoms with Gasteiger partial charge >= 0.3 is 6.18 Å². The molecule has 0 radical (unpaired) electrons. The zero-order valence-electron chi connectivity index (χ0n) is 39.8. The van der Waals surface area contributed by atoms with Crippen LogP contribution in [-0.2, 0) is 15.7 Å². The number of hydrogen-bond acceptors (Lipinski definition) is 18. The zero-order valence-corrected chi connectivity index (χ0v) is 41.5. The van der Waals surface area contributed by atoms with E-state index in [0.29, 0.717) is 67.8 Å². The third-order valence-electron chi connectivity index (χ3n) is 12.5. The van der Waals surface area contributed by atoms with Crippen molar-refractivity contribution in [2.45, 2.75) is 25.1 Å². The van der Waals surface area contributed by atoms with E-state index in [1.54, 1.807) is 46.8 Å². The first-order chi connectivity index (χ1) is 36.3. The van der Waals surface area contributed by atoms with Gasteiger partial charge in [-0.15, -0.1) is 11.3 Å². The first-order valence-electron chi connectivity index (χ1n) is 23.6. The smallest absolute Gasteiger partial charge is 0.378 e. The number of anilines is 8. The highest BCUT2D eigenvalue weighted by Gasteiger charge is 2.39. The second-order valence-corrected chi connectivity index (χ2v) is 19.7. The summed E-state index contributed by atoms with van der Waals surface area (Å²) >= 11 is 3.14. The maximum Gasteiger partial charge on any atom is 0.416 e. The van der Waals surface area contributed by atoms with Crippen LogP contribution in [0.3, 0.4) is 0 Å². The maximum absolute atomic E-state index is 15.5. The number of benzene rings is 2. The van der Waals surface area contributed by atoms with Gasteiger partial charge in [0.2, 0.25) is 11.9 Å². The average molecular weight is 1070 g/mol. The van der Waals surface area contributed by atoms with Crippen LogP contribution >= 0.6 is 23.1 Å². The standard InChI is InChI=1S/C50H47F5N14O4S2/c1-28-15-29(18-34(16-28)60-32-4-6-40(56-21-32)46(70)64-66-48-58-23-38(51)44(62-48)68-8-11-72-12-9-68)36-26-74-27-37(36)42-25-69(10-13-73-42)45-39(52)24-59-49(63-45)67-65-47(71)41-7-5-33(22-57-41)61-35-19-30(43-3-2-14-75-43)17-31(20-35)50(53,54)55/h2-7,14-24,36-37,42,60-61H,8-13,25-27H2,1H3,(H,64,70)(H,65,71)(H,58,62,66)(H,59,63,67). The van der Waals surface area contributed by atoms with Crippen LogP contribution in [0.15, 0.2) is 103 Å². The molecule has 3 aliphatic rings. The van der Waals surface area contributed by atoms with Gasteiger partial charge in [-0.1, -0.05) is 12.1 Å². The number of aryl methyl sites for hydroxylation is 1. The summed E-state index contributed by atoms with van der Waals surface area (Å²) in [6.07, 6.45) is 0.113. The van der Waals surface area contributed by atoms with E-state index in [4.69, 9.17) is 9.47 Å². The number of nitrogens with zero attached hydrogens (tertiary/aromatic N) is 8. The molecule has 6 N–H and O–H groups in total. The minimum absolute atomic E-state index is 0.0166. The lowest BCUT2D eigenvalue weighted by Gasteiger charge is -2.38. The Balaban J connectivity index is 0.735. The summed E-state index contributed by atoms with van der Waals surface area (Å²) in [6, 6.07) is 19.7. The van der Waals surface area contributed by atoms with Crippen LogP contribution in [0.1, 0.15) is 43.6 Å². The van der Waals surface area contributed by atoms with Gasteiger partial charge in [0.25, 0.3) is 11.8 Å². The number of carbonyl (C=O) groups excluding carboxylic acids is 2. The molecule has 8 heterocycles. The van der Waals surface area contributed by atoms with Crippen LogP contribution in [0.5, 0.6) is 0 Å². The van der Waals surface area contributed by atoms with Crippen LogP contribution in [0.25, 0.3) is 10.4 Å². The minimum atomic E-state index is -4.56. The molecule has 2 aromatic carbocycles. The fraction of sp³-hybridized carbons (Fsp3) is 0.280. The van der Waals surface area contributed by atoms with Gasteiger partial charge < -0.3 is 29.9 Å². The Morgan fingerprint density at radius 3 is 1.92 bits per heavy atom. The number of rotatable bonds is 15. The Labute approximate surface area is 434 Å². The van der Waals surface area contributed by atoms with E-state index in [9.17, 15) is 27.2 Å². The number of halogens is 5. The number of thiophene rings is 1. The van der Waals surface area contributed by atoms with E-state index in [-0.39, 0.29) is 58.5 Å². The van der Waals surface area contributed by atoms with Crippen LogP contribution in [-0.4, -0.2) is 105 Å². The topological polar surface area (TPSA) is 209 Å². The monoisotopic (exact) mass is 1070 g/mol. The van der Waals surface area contributed by atoms with Crippen molar-refractivity contribution in [2.75, 3.05) is 88.8 Å². The third kappa shape index (κ3) is 12.3. The highest BCUT2D eigenvalue weighted by molar-refractivity contribution is 7.99. The van der Waals surface area contributed by atoms with Gasteiger partial charge in [-0.3, -0.25) is 31.3 Å². The number of hydrazine groups is 2. The molecule has 2 amide bonds. The molecule has 3 saturated heterocycles. The molecular formula is C50H47F5N14O4S2. The molecule has 0 aliphatic carbocycles. The molecule has 18 nitrogen and oxygen atoms in total. The second-order valence-electron chi connectivity index (χ2n) is 17.7. The van der Waals surface area contributed by atoms with E-state index in [1.165, 1.54) is 29.7 Å². The number of pyridine rings is 2. The molecule has 0 saturated carbocycles. The molecule has 0 spiro atoms. The summed E-state index contributed by atoms with van der Waals surface area (Å²) in [5.41, 5.74) is 14.1. The fourth-order valence-corrected chi connectivity index (χ4v) is 11.2. The molecule has 0 bridgehead atoms. The Morgan fingerprint density at radius 2 is 1.32 bits per heavy atom. The molecule has 388 valence electrons. The van der Waals surface area contributed by atoms with Crippen molar-refractivity contribution in [3.05, 3.63) is 143 Å². The SMILES string of the molecule is Cc1cc(Nc2ccc(C(=O)NNc3ncc(F)c(N4CCOCC4)n3)nc2)cc(C2CSCC2C2CN(c3nc(NNC(=O)c4ccc(Nc5cc(-c6cccs6)cc(C(F)(F)F)c5)cn4)ncc3F)CCO2)c1. The van der Waals surface area contributed by atoms with Gasteiger partial charge in [-0.2, -0.15) is 34.9 Å². The lowest BCUT2D eigenvalue weighted by atomic mass is 9.83. The van der Waals surface area contributed by atoms with Gasteiger partial charge in [0.1, 0.15) is 11.4 Å². The molecule has 3 atom stereocenters. The molecule has 3 unspecified atom stereocenters. The molecular weight excluding hydrogens is 1020 g/mol. The van der Waals surface area contributed by atoms with E-state index in [0.717, 1.165) is 52.8 Å². The second kappa shape index (κ2) is 22.4. The number of hydrogen-bond donors (Lipinski definition) is 6. The largest absolute Gasteiger partial charge is 0.416 e. The number of nitrogens with one attached hydrogen (secondary N) is 6. The third-order valence-corrected chi connectivity index (χ3v) is 14.6. The number of ether oxygens (including phenoxy) is 2. The van der Waals surface area contributed by atoms with Crippen LogP contribution < -0.4 is 42.1 Å². The Morgan fingerprint density at radius 1 is 0.693 bits per heavy atom. The quantitative estimate of drug-likeness (QED) is 0.0420. The van der Waals surface area contributed by atoms with Crippen molar-refractivity contribution in [1.29, 1.82) is 0 Å². The number of morpholine rings is 2. The van der Waals surface area contributed by atoms with Crippen molar-refractivity contribution in [2.24, 2.45) is 5.92 Å². The zero-order chi connectivity index (χ0) is 52.1. The number of aromatic nitrogens is 6. The highest BCUT2D eigenvalue weighted by Crippen LogP contribution is 2.43. The lowest BCUT2D eigenvalue weighted by molar-refractivity contribution is -0.137. The molecule has 3 fully saturated rings. The van der Waals surface area contributed by atoms with E-state index < -0.39 is 35.2 Å². The molecule has 5 aromatic heterocycles. The van der Waals surface area contributed by atoms with E-state index in [1.807, 2.05) is 29.7 Å². The Kier molecular flexibility index (Phi) is 15.2. The number of thioether (sulfide) groups is 1. The number of alkyl halides is 3. The fourth-order valence-electron chi connectivity index (χ4n) is 8.90. The van der Waals surface area contributed by atoms with Crippen LogP contribution in [0, 0.1) is 24.5 Å². The van der Waals surface area contributed by atoms with Crippen LogP contribution in [0.2, 0.25) is 0 Å². The first kappa shape index (κ1) is 50.8.